The number of carbonyl (C=O) groups is 1. The molecule has 1 aliphatic heterocycles. The Morgan fingerprint density at radius 2 is 1.63 bits per heavy atom. The van der Waals surface area contributed by atoms with Crippen LogP contribution in [0.3, 0.4) is 0 Å². The molecule has 1 aromatic heterocycles. The van der Waals surface area contributed by atoms with E-state index in [0.717, 1.165) is 42.9 Å². The summed E-state index contributed by atoms with van der Waals surface area (Å²) < 4.78 is 3.39. The Kier molecular flexibility index (Phi) is 6.23. The van der Waals surface area contributed by atoms with Crippen LogP contribution < -0.4 is 5.69 Å². The molecule has 2 aromatic carbocycles. The van der Waals surface area contributed by atoms with Gasteiger partial charge in [0.1, 0.15) is 5.82 Å². The van der Waals surface area contributed by atoms with E-state index in [9.17, 15) is 9.59 Å². The molecule has 1 aliphatic rings. The summed E-state index contributed by atoms with van der Waals surface area (Å²) in [6.45, 7) is 5.23. The second-order valence-corrected chi connectivity index (χ2v) is 7.87. The van der Waals surface area contributed by atoms with Crippen LogP contribution in [0.25, 0.3) is 0 Å². The predicted molar refractivity (Wildman–Crippen MR) is 117 cm³/mol. The zero-order valence-corrected chi connectivity index (χ0v) is 17.4. The summed E-state index contributed by atoms with van der Waals surface area (Å²) in [6, 6.07) is 19.4. The highest BCUT2D eigenvalue weighted by Gasteiger charge is 2.27. The molecule has 1 fully saturated rings. The van der Waals surface area contributed by atoms with Gasteiger partial charge >= 0.3 is 5.69 Å². The van der Waals surface area contributed by atoms with Gasteiger partial charge in [-0.1, -0.05) is 60.7 Å². The number of benzene rings is 2. The van der Waals surface area contributed by atoms with Gasteiger partial charge in [-0.05, 0) is 38.4 Å². The van der Waals surface area contributed by atoms with Gasteiger partial charge in [-0.25, -0.2) is 9.48 Å². The minimum Gasteiger partial charge on any atom is -0.296 e. The van der Waals surface area contributed by atoms with Crippen LogP contribution in [0.2, 0.25) is 0 Å². The second-order valence-electron chi connectivity index (χ2n) is 7.87. The minimum absolute atomic E-state index is 0.0435. The summed E-state index contributed by atoms with van der Waals surface area (Å²) in [5, 5.41) is 4.71. The van der Waals surface area contributed by atoms with Crippen molar-refractivity contribution in [1.82, 2.24) is 19.2 Å². The molecule has 30 heavy (non-hydrogen) atoms. The second kappa shape index (κ2) is 9.22. The van der Waals surface area contributed by atoms with Gasteiger partial charge in [0.05, 0.1) is 13.1 Å². The summed E-state index contributed by atoms with van der Waals surface area (Å²) in [6.07, 6.45) is 1.81. The number of likely N-dealkylation sites (tertiary alicyclic amines) is 1. The number of hydrogen-bond donors (Lipinski definition) is 0. The highest BCUT2D eigenvalue weighted by atomic mass is 16.2. The van der Waals surface area contributed by atoms with Crippen LogP contribution in [0.5, 0.6) is 0 Å². The maximum atomic E-state index is 12.8. The molecule has 0 unspecified atom stereocenters. The fraction of sp³-hybridized carbons (Fsp3) is 0.375. The lowest BCUT2D eigenvalue weighted by Gasteiger charge is -2.30. The van der Waals surface area contributed by atoms with Crippen molar-refractivity contribution in [3.63, 3.8) is 0 Å². The summed E-state index contributed by atoms with van der Waals surface area (Å²) in [5.74, 6) is 1.29. The van der Waals surface area contributed by atoms with Crippen LogP contribution in [0, 0.1) is 0 Å². The molecule has 156 valence electrons. The van der Waals surface area contributed by atoms with Gasteiger partial charge in [-0.3, -0.25) is 14.3 Å². The van der Waals surface area contributed by atoms with Gasteiger partial charge in [0.15, 0.2) is 5.78 Å². The van der Waals surface area contributed by atoms with Crippen molar-refractivity contribution in [2.75, 3.05) is 19.6 Å². The maximum absolute atomic E-state index is 12.8. The van der Waals surface area contributed by atoms with Crippen LogP contribution in [-0.2, 0) is 13.1 Å². The molecule has 1 saturated heterocycles. The number of ketones is 1. The molecule has 6 heteroatoms. The fourth-order valence-electron chi connectivity index (χ4n) is 4.18. The summed E-state index contributed by atoms with van der Waals surface area (Å²) in [7, 11) is 0. The Morgan fingerprint density at radius 3 is 2.27 bits per heavy atom. The third-order valence-electron chi connectivity index (χ3n) is 5.86. The zero-order valence-electron chi connectivity index (χ0n) is 17.4. The monoisotopic (exact) mass is 404 g/mol. The van der Waals surface area contributed by atoms with Gasteiger partial charge in [0, 0.05) is 18.0 Å². The van der Waals surface area contributed by atoms with Gasteiger partial charge < -0.3 is 0 Å². The van der Waals surface area contributed by atoms with Gasteiger partial charge in [-0.15, -0.1) is 0 Å². The molecule has 0 atom stereocenters. The molecular formula is C24H28N4O2. The minimum atomic E-state index is -0.0435. The van der Waals surface area contributed by atoms with E-state index in [0.29, 0.717) is 19.6 Å². The quantitative estimate of drug-likeness (QED) is 0.568. The largest absolute Gasteiger partial charge is 0.346 e. The van der Waals surface area contributed by atoms with Crippen molar-refractivity contribution in [3.8, 4) is 0 Å². The van der Waals surface area contributed by atoms with E-state index in [1.54, 1.807) is 9.25 Å². The Hall–Kier alpha value is -2.99. The number of carbonyl (C=O) groups excluding carboxylic acids is 1. The molecule has 0 aliphatic carbocycles. The first-order valence-electron chi connectivity index (χ1n) is 10.7. The molecule has 0 amide bonds. The predicted octanol–water partition coefficient (Wildman–Crippen LogP) is 3.18. The standard InChI is InChI=1S/C24H28N4O2/c1-2-27-23(25-28(24(27)30)17-19-9-5-3-6-10-19)21-13-15-26(16-14-21)18-22(29)20-11-7-4-8-12-20/h3-12,21H,2,13-18H2,1H3. The van der Waals surface area contributed by atoms with Gasteiger partial charge in [0.25, 0.3) is 0 Å². The molecule has 0 saturated carbocycles. The SMILES string of the molecule is CCn1c(C2CCN(CC(=O)c3ccccc3)CC2)nn(Cc2ccccc2)c1=O. The first-order valence-corrected chi connectivity index (χ1v) is 10.7. The van der Waals surface area contributed by atoms with Crippen molar-refractivity contribution < 1.29 is 4.79 Å². The van der Waals surface area contributed by atoms with Crippen molar-refractivity contribution >= 4 is 5.78 Å². The number of piperidine rings is 1. The van der Waals surface area contributed by atoms with E-state index in [4.69, 9.17) is 5.10 Å². The Morgan fingerprint density at radius 1 is 1.00 bits per heavy atom. The van der Waals surface area contributed by atoms with Crippen LogP contribution in [0.1, 0.15) is 47.4 Å². The first kappa shape index (κ1) is 20.3. The van der Waals surface area contributed by atoms with E-state index in [-0.39, 0.29) is 17.4 Å². The molecule has 0 spiro atoms. The van der Waals surface area contributed by atoms with E-state index in [2.05, 4.69) is 4.90 Å². The molecule has 3 aromatic rings. The van der Waals surface area contributed by atoms with Crippen LogP contribution >= 0.6 is 0 Å². The Balaban J connectivity index is 1.42. The smallest absolute Gasteiger partial charge is 0.296 e. The van der Waals surface area contributed by atoms with E-state index in [1.165, 1.54) is 0 Å². The number of rotatable bonds is 7. The average molecular weight is 405 g/mol. The lowest BCUT2D eigenvalue weighted by Crippen LogP contribution is -2.37. The van der Waals surface area contributed by atoms with Crippen molar-refractivity contribution in [2.24, 2.45) is 0 Å². The Bertz CT molecular complexity index is 1030. The average Bonchev–Trinajstić information content (AvgIpc) is 3.10. The zero-order chi connectivity index (χ0) is 20.9. The molecule has 0 radical (unpaired) electrons. The number of aromatic nitrogens is 3. The lowest BCUT2D eigenvalue weighted by molar-refractivity contribution is 0.0908. The molecule has 0 bridgehead atoms. The fourth-order valence-corrected chi connectivity index (χ4v) is 4.18. The third kappa shape index (κ3) is 4.44. The summed E-state index contributed by atoms with van der Waals surface area (Å²) in [4.78, 5) is 27.5. The normalized spacial score (nSPS) is 15.4. The first-order chi connectivity index (χ1) is 14.7. The van der Waals surface area contributed by atoms with Gasteiger partial charge in [0.2, 0.25) is 0 Å². The van der Waals surface area contributed by atoms with Crippen LogP contribution in [-0.4, -0.2) is 44.7 Å². The third-order valence-corrected chi connectivity index (χ3v) is 5.86. The summed E-state index contributed by atoms with van der Waals surface area (Å²) in [5.41, 5.74) is 1.79. The van der Waals surface area contributed by atoms with Crippen LogP contribution in [0.15, 0.2) is 65.5 Å². The maximum Gasteiger partial charge on any atom is 0.346 e. The molecule has 0 N–H and O–H groups in total. The van der Waals surface area contributed by atoms with E-state index in [1.807, 2.05) is 67.6 Å². The van der Waals surface area contributed by atoms with E-state index >= 15 is 0 Å². The van der Waals surface area contributed by atoms with Crippen LogP contribution in [0.4, 0.5) is 0 Å². The highest BCUT2D eigenvalue weighted by molar-refractivity contribution is 5.97. The highest BCUT2D eigenvalue weighted by Crippen LogP contribution is 2.26. The molecule has 4 rings (SSSR count). The molecule has 6 nitrogen and oxygen atoms in total. The topological polar surface area (TPSA) is 60.1 Å². The lowest BCUT2D eigenvalue weighted by atomic mass is 9.95. The number of hydrogen-bond acceptors (Lipinski definition) is 4. The van der Waals surface area contributed by atoms with Crippen molar-refractivity contribution in [1.29, 1.82) is 0 Å². The molecule has 2 heterocycles. The van der Waals surface area contributed by atoms with Gasteiger partial charge in [-0.2, -0.15) is 5.10 Å². The van der Waals surface area contributed by atoms with Crippen molar-refractivity contribution in [2.45, 2.75) is 38.8 Å². The Labute approximate surface area is 176 Å². The van der Waals surface area contributed by atoms with Crippen molar-refractivity contribution in [3.05, 3.63) is 88.1 Å². The number of Topliss-reactive ketones (excluding diaryl/α,β-unsaturated/α-hetero) is 1. The van der Waals surface area contributed by atoms with E-state index < -0.39 is 0 Å². The number of nitrogens with zero attached hydrogens (tertiary/aromatic N) is 4. The summed E-state index contributed by atoms with van der Waals surface area (Å²) >= 11 is 0. The molecular weight excluding hydrogens is 376 g/mol.